The Bertz CT molecular complexity index is 69.7. The van der Waals surface area contributed by atoms with Crippen LogP contribution in [-0.2, 0) is 9.78 Å². The van der Waals surface area contributed by atoms with Gasteiger partial charge in [0.05, 0.1) is 6.61 Å². The maximum atomic E-state index is 8.40. The van der Waals surface area contributed by atoms with Crippen molar-refractivity contribution in [2.45, 2.75) is 12.4 Å². The third kappa shape index (κ3) is 1.19. The van der Waals surface area contributed by atoms with Crippen LogP contribution in [0, 0.1) is 0 Å². The van der Waals surface area contributed by atoms with Crippen molar-refractivity contribution in [1.82, 2.24) is 0 Å². The van der Waals surface area contributed by atoms with Gasteiger partial charge in [0.25, 0.3) is 0 Å². The van der Waals surface area contributed by atoms with Crippen molar-refractivity contribution in [2.75, 3.05) is 6.61 Å². The Kier molecular flexibility index (Phi) is 1.85. The van der Waals surface area contributed by atoms with Gasteiger partial charge in [-0.15, -0.1) is 0 Å². The summed E-state index contributed by atoms with van der Waals surface area (Å²) < 4.78 is 0. The molecule has 0 aliphatic carbocycles. The maximum absolute atomic E-state index is 8.40. The Morgan fingerprint density at radius 1 is 1.50 bits per heavy atom. The molecule has 1 aliphatic heterocycles. The number of hydrogen-bond donors (Lipinski definition) is 2. The van der Waals surface area contributed by atoms with Gasteiger partial charge in [0.1, 0.15) is 6.00 Å². The fourth-order valence-electron chi connectivity index (χ4n) is 0.547. The van der Waals surface area contributed by atoms with Gasteiger partial charge in [-0.25, -0.2) is 9.78 Å². The van der Waals surface area contributed by atoms with Crippen LogP contribution in [0.2, 0.25) is 0 Å². The average molecular weight is 118 g/mol. The Hall–Kier alpha value is -0.0951. The van der Waals surface area contributed by atoms with E-state index in [1.807, 2.05) is 0 Å². The molecule has 0 saturated carbocycles. The van der Waals surface area contributed by atoms with Gasteiger partial charge in [-0.05, 0) is 0 Å². The first-order chi connectivity index (χ1) is 3.80. The Morgan fingerprint density at radius 3 is 2.50 bits per heavy atom. The molecular formula is C3H7BO4. The van der Waals surface area contributed by atoms with Crippen molar-refractivity contribution < 1.29 is 19.8 Å². The molecule has 46 valence electrons. The van der Waals surface area contributed by atoms with Gasteiger partial charge in [-0.3, -0.25) is 0 Å². The van der Waals surface area contributed by atoms with E-state index in [0.717, 1.165) is 0 Å². The summed E-state index contributed by atoms with van der Waals surface area (Å²) in [6.45, 7) is 0.447. The topological polar surface area (TPSA) is 58.9 Å². The van der Waals surface area contributed by atoms with Gasteiger partial charge < -0.3 is 10.0 Å². The fraction of sp³-hybridized carbons (Fsp3) is 1.00. The highest BCUT2D eigenvalue weighted by molar-refractivity contribution is 6.42. The fourth-order valence-corrected chi connectivity index (χ4v) is 0.547. The highest BCUT2D eigenvalue weighted by Crippen LogP contribution is 2.08. The molecule has 0 amide bonds. The molecule has 1 fully saturated rings. The minimum absolute atomic E-state index is 0.447. The van der Waals surface area contributed by atoms with Gasteiger partial charge in [-0.1, -0.05) is 0 Å². The summed E-state index contributed by atoms with van der Waals surface area (Å²) in [4.78, 5) is 8.81. The largest absolute Gasteiger partial charge is 0.486 e. The first-order valence-corrected chi connectivity index (χ1v) is 2.45. The first kappa shape index (κ1) is 6.03. The Balaban J connectivity index is 2.24. The zero-order valence-corrected chi connectivity index (χ0v) is 4.28. The molecule has 0 aromatic rings. The van der Waals surface area contributed by atoms with Crippen LogP contribution in [0.3, 0.4) is 0 Å². The molecule has 0 spiro atoms. The molecular weight excluding hydrogens is 111 g/mol. The van der Waals surface area contributed by atoms with E-state index in [2.05, 4.69) is 9.78 Å². The number of rotatable bonds is 1. The molecule has 1 heterocycles. The molecule has 0 bridgehead atoms. The van der Waals surface area contributed by atoms with Crippen LogP contribution in [0.4, 0.5) is 0 Å². The standard InChI is InChI=1S/C3H7BO4/c5-4(6)3-1-2-7-8-3/h3,5-6H,1-2H2. The highest BCUT2D eigenvalue weighted by atomic mass is 17.2. The molecule has 2 N–H and O–H groups in total. The molecule has 4 nitrogen and oxygen atoms in total. The minimum atomic E-state index is -1.41. The smallest absolute Gasteiger partial charge is 0.425 e. The molecule has 5 heteroatoms. The summed E-state index contributed by atoms with van der Waals surface area (Å²) in [5.41, 5.74) is 0. The minimum Gasteiger partial charge on any atom is -0.425 e. The maximum Gasteiger partial charge on any atom is 0.486 e. The summed E-state index contributed by atoms with van der Waals surface area (Å²) in [5.74, 6) is 0. The predicted octanol–water partition coefficient (Wildman–Crippen LogP) is -1.28. The monoisotopic (exact) mass is 118 g/mol. The lowest BCUT2D eigenvalue weighted by atomic mass is 9.81. The molecule has 1 aliphatic rings. The van der Waals surface area contributed by atoms with Gasteiger partial charge in [0.15, 0.2) is 0 Å². The summed E-state index contributed by atoms with van der Waals surface area (Å²) >= 11 is 0. The second-order valence-corrected chi connectivity index (χ2v) is 1.66. The molecule has 1 saturated heterocycles. The zero-order valence-electron chi connectivity index (χ0n) is 4.28. The van der Waals surface area contributed by atoms with E-state index in [0.29, 0.717) is 13.0 Å². The van der Waals surface area contributed by atoms with Crippen molar-refractivity contribution in [2.24, 2.45) is 0 Å². The van der Waals surface area contributed by atoms with Gasteiger partial charge in [-0.2, -0.15) is 0 Å². The van der Waals surface area contributed by atoms with E-state index < -0.39 is 13.1 Å². The van der Waals surface area contributed by atoms with Crippen molar-refractivity contribution in [3.05, 3.63) is 0 Å². The lowest BCUT2D eigenvalue weighted by Gasteiger charge is -2.01. The van der Waals surface area contributed by atoms with E-state index >= 15 is 0 Å². The first-order valence-electron chi connectivity index (χ1n) is 2.45. The molecule has 8 heavy (non-hydrogen) atoms. The van der Waals surface area contributed by atoms with Crippen molar-refractivity contribution in [3.8, 4) is 0 Å². The van der Waals surface area contributed by atoms with Gasteiger partial charge in [0, 0.05) is 6.42 Å². The molecule has 0 aromatic carbocycles. The predicted molar refractivity (Wildman–Crippen MR) is 25.6 cm³/mol. The van der Waals surface area contributed by atoms with Gasteiger partial charge >= 0.3 is 7.12 Å². The van der Waals surface area contributed by atoms with Crippen LogP contribution in [0.15, 0.2) is 0 Å². The second kappa shape index (κ2) is 2.45. The SMILES string of the molecule is OB(O)C1CCOO1. The lowest BCUT2D eigenvalue weighted by Crippen LogP contribution is -2.29. The number of hydrogen-bond acceptors (Lipinski definition) is 4. The van der Waals surface area contributed by atoms with Crippen LogP contribution >= 0.6 is 0 Å². The molecule has 0 aromatic heterocycles. The summed E-state index contributed by atoms with van der Waals surface area (Å²) in [7, 11) is -1.41. The summed E-state index contributed by atoms with van der Waals surface area (Å²) in [6, 6.07) is -0.546. The Labute approximate surface area is 47.1 Å². The van der Waals surface area contributed by atoms with Crippen molar-refractivity contribution in [1.29, 1.82) is 0 Å². The van der Waals surface area contributed by atoms with Crippen LogP contribution < -0.4 is 0 Å². The Morgan fingerprint density at radius 2 is 2.25 bits per heavy atom. The second-order valence-electron chi connectivity index (χ2n) is 1.66. The molecule has 1 unspecified atom stereocenters. The van der Waals surface area contributed by atoms with E-state index in [9.17, 15) is 0 Å². The van der Waals surface area contributed by atoms with Crippen molar-refractivity contribution >= 4 is 7.12 Å². The third-order valence-corrected chi connectivity index (χ3v) is 1.01. The van der Waals surface area contributed by atoms with Crippen LogP contribution in [0.25, 0.3) is 0 Å². The lowest BCUT2D eigenvalue weighted by molar-refractivity contribution is -0.262. The van der Waals surface area contributed by atoms with E-state index in [1.165, 1.54) is 0 Å². The third-order valence-electron chi connectivity index (χ3n) is 1.01. The van der Waals surface area contributed by atoms with E-state index in [1.54, 1.807) is 0 Å². The van der Waals surface area contributed by atoms with Gasteiger partial charge in [0.2, 0.25) is 0 Å². The quantitative estimate of drug-likeness (QED) is 0.332. The van der Waals surface area contributed by atoms with Crippen LogP contribution in [0.5, 0.6) is 0 Å². The molecule has 0 radical (unpaired) electrons. The molecule has 1 rings (SSSR count). The van der Waals surface area contributed by atoms with E-state index in [-0.39, 0.29) is 0 Å². The average Bonchev–Trinajstić information content (AvgIpc) is 2.12. The highest BCUT2D eigenvalue weighted by Gasteiger charge is 2.29. The summed E-state index contributed by atoms with van der Waals surface area (Å²) in [5, 5.41) is 16.8. The molecule has 1 atom stereocenters. The van der Waals surface area contributed by atoms with Crippen LogP contribution in [0.1, 0.15) is 6.42 Å². The normalized spacial score (nSPS) is 28.5. The van der Waals surface area contributed by atoms with E-state index in [4.69, 9.17) is 10.0 Å². The zero-order chi connectivity index (χ0) is 5.98. The van der Waals surface area contributed by atoms with Crippen LogP contribution in [-0.4, -0.2) is 29.8 Å². The summed E-state index contributed by atoms with van der Waals surface area (Å²) in [6.07, 6.45) is 0.553. The van der Waals surface area contributed by atoms with Crippen molar-refractivity contribution in [3.63, 3.8) is 0 Å².